The van der Waals surface area contributed by atoms with Gasteiger partial charge in [0, 0.05) is 31.7 Å². The van der Waals surface area contributed by atoms with E-state index in [2.05, 4.69) is 10.2 Å². The molecular weight excluding hydrogens is 414 g/mol. The number of amides is 1. The van der Waals surface area contributed by atoms with Gasteiger partial charge in [-0.2, -0.15) is 4.31 Å². The SMILES string of the molecule is Cc1ccc(OC[C@@H](C)NC(=O)c2ccc(CS(=O)(=O)N3CCN(C)CC3)cc2)cc1. The molecule has 1 fully saturated rings. The van der Waals surface area contributed by atoms with Gasteiger partial charge in [0.15, 0.2) is 0 Å². The summed E-state index contributed by atoms with van der Waals surface area (Å²) in [6.07, 6.45) is 0. The van der Waals surface area contributed by atoms with Gasteiger partial charge < -0.3 is 15.0 Å². The lowest BCUT2D eigenvalue weighted by molar-refractivity contribution is 0.0926. The first-order valence-corrected chi connectivity index (χ1v) is 12.1. The summed E-state index contributed by atoms with van der Waals surface area (Å²) in [6, 6.07) is 14.3. The second-order valence-corrected chi connectivity index (χ2v) is 10.1. The van der Waals surface area contributed by atoms with Crippen LogP contribution in [0.4, 0.5) is 0 Å². The number of hydrogen-bond acceptors (Lipinski definition) is 5. The van der Waals surface area contributed by atoms with E-state index in [0.29, 0.717) is 30.8 Å². The predicted octanol–water partition coefficient (Wildman–Crippen LogP) is 2.27. The monoisotopic (exact) mass is 445 g/mol. The first-order valence-electron chi connectivity index (χ1n) is 10.5. The molecule has 1 atom stereocenters. The van der Waals surface area contributed by atoms with Crippen molar-refractivity contribution in [3.8, 4) is 5.75 Å². The van der Waals surface area contributed by atoms with Crippen molar-refractivity contribution in [2.24, 2.45) is 0 Å². The average Bonchev–Trinajstić information content (AvgIpc) is 2.74. The number of nitrogens with one attached hydrogen (secondary N) is 1. The maximum Gasteiger partial charge on any atom is 0.251 e. The minimum atomic E-state index is -3.36. The molecule has 7 nitrogen and oxygen atoms in total. The Morgan fingerprint density at radius 3 is 2.26 bits per heavy atom. The maximum absolute atomic E-state index is 12.6. The van der Waals surface area contributed by atoms with E-state index >= 15 is 0 Å². The zero-order valence-electron chi connectivity index (χ0n) is 18.4. The quantitative estimate of drug-likeness (QED) is 0.674. The molecule has 1 N–H and O–H groups in total. The number of ether oxygens (including phenoxy) is 1. The summed E-state index contributed by atoms with van der Waals surface area (Å²) in [4.78, 5) is 14.6. The van der Waals surface area contributed by atoms with Crippen molar-refractivity contribution in [1.29, 1.82) is 0 Å². The van der Waals surface area contributed by atoms with Crippen LogP contribution in [-0.2, 0) is 15.8 Å². The fraction of sp³-hybridized carbons (Fsp3) is 0.435. The van der Waals surface area contributed by atoms with Gasteiger partial charge in [0.2, 0.25) is 10.0 Å². The van der Waals surface area contributed by atoms with Gasteiger partial charge in [-0.25, -0.2) is 8.42 Å². The van der Waals surface area contributed by atoms with Crippen LogP contribution in [0, 0.1) is 6.92 Å². The van der Waals surface area contributed by atoms with Gasteiger partial charge in [0.05, 0.1) is 11.8 Å². The molecule has 0 unspecified atom stereocenters. The second kappa shape index (κ2) is 10.3. The first kappa shape index (κ1) is 23.2. The van der Waals surface area contributed by atoms with Crippen molar-refractivity contribution >= 4 is 15.9 Å². The molecule has 1 aliphatic rings. The normalized spacial score (nSPS) is 16.6. The van der Waals surface area contributed by atoms with E-state index in [4.69, 9.17) is 4.74 Å². The third-order valence-corrected chi connectivity index (χ3v) is 7.17. The topological polar surface area (TPSA) is 78.9 Å². The summed E-state index contributed by atoms with van der Waals surface area (Å²) >= 11 is 0. The van der Waals surface area contributed by atoms with E-state index in [1.165, 1.54) is 0 Å². The van der Waals surface area contributed by atoms with Gasteiger partial charge in [-0.05, 0) is 50.7 Å². The Kier molecular flexibility index (Phi) is 7.69. The number of hydrogen-bond donors (Lipinski definition) is 1. The number of likely N-dealkylation sites (N-methyl/N-ethyl adjacent to an activating group) is 1. The molecule has 31 heavy (non-hydrogen) atoms. The van der Waals surface area contributed by atoms with Crippen LogP contribution in [-0.4, -0.2) is 69.4 Å². The summed E-state index contributed by atoms with van der Waals surface area (Å²) in [5, 5.41) is 2.91. The number of carbonyl (C=O) groups is 1. The highest BCUT2D eigenvalue weighted by Crippen LogP contribution is 2.15. The van der Waals surface area contributed by atoms with Gasteiger partial charge in [0.25, 0.3) is 5.91 Å². The molecule has 0 radical (unpaired) electrons. The van der Waals surface area contributed by atoms with Crippen LogP contribution >= 0.6 is 0 Å². The van der Waals surface area contributed by atoms with Crippen LogP contribution in [0.1, 0.15) is 28.4 Å². The van der Waals surface area contributed by atoms with Crippen LogP contribution in [0.15, 0.2) is 48.5 Å². The van der Waals surface area contributed by atoms with Crippen molar-refractivity contribution < 1.29 is 17.9 Å². The molecule has 1 heterocycles. The summed E-state index contributed by atoms with van der Waals surface area (Å²) in [6.45, 7) is 6.76. The van der Waals surface area contributed by atoms with Crippen molar-refractivity contribution in [2.75, 3.05) is 39.8 Å². The van der Waals surface area contributed by atoms with Crippen molar-refractivity contribution in [1.82, 2.24) is 14.5 Å². The Balaban J connectivity index is 1.50. The van der Waals surface area contributed by atoms with Crippen molar-refractivity contribution in [3.63, 3.8) is 0 Å². The summed E-state index contributed by atoms with van der Waals surface area (Å²) < 4.78 is 32.5. The number of aryl methyl sites for hydroxylation is 1. The number of nitrogens with zero attached hydrogens (tertiary/aromatic N) is 2. The van der Waals surface area contributed by atoms with E-state index in [1.807, 2.05) is 45.2 Å². The molecule has 2 aromatic carbocycles. The number of rotatable bonds is 8. The molecule has 1 aliphatic heterocycles. The number of carbonyl (C=O) groups excluding carboxylic acids is 1. The van der Waals surface area contributed by atoms with Gasteiger partial charge in [-0.15, -0.1) is 0 Å². The standard InChI is InChI=1S/C23H31N3O4S/c1-18-4-10-22(11-5-18)30-16-19(2)24-23(27)21-8-6-20(7-9-21)17-31(28,29)26-14-12-25(3)13-15-26/h4-11,19H,12-17H2,1-3H3,(H,24,27)/t19-/m1/s1. The Morgan fingerprint density at radius 1 is 1.03 bits per heavy atom. The van der Waals surface area contributed by atoms with Gasteiger partial charge in [-0.3, -0.25) is 4.79 Å². The minimum absolute atomic E-state index is 0.0561. The minimum Gasteiger partial charge on any atom is -0.491 e. The molecule has 2 aromatic rings. The lowest BCUT2D eigenvalue weighted by Crippen LogP contribution is -2.47. The highest BCUT2D eigenvalue weighted by molar-refractivity contribution is 7.88. The van der Waals surface area contributed by atoms with E-state index in [0.717, 1.165) is 24.4 Å². The first-order chi connectivity index (χ1) is 14.7. The molecule has 0 saturated carbocycles. The Labute approximate surface area is 185 Å². The smallest absolute Gasteiger partial charge is 0.251 e. The molecule has 0 aliphatic carbocycles. The molecule has 0 spiro atoms. The second-order valence-electron chi connectivity index (χ2n) is 8.15. The Morgan fingerprint density at radius 2 is 1.65 bits per heavy atom. The lowest BCUT2D eigenvalue weighted by atomic mass is 10.1. The van der Waals surface area contributed by atoms with Crippen LogP contribution in [0.25, 0.3) is 0 Å². The Bertz CT molecular complexity index is 967. The fourth-order valence-electron chi connectivity index (χ4n) is 3.33. The molecule has 168 valence electrons. The van der Waals surface area contributed by atoms with Gasteiger partial charge in [-0.1, -0.05) is 29.8 Å². The third kappa shape index (κ3) is 6.78. The van der Waals surface area contributed by atoms with E-state index in [9.17, 15) is 13.2 Å². The van der Waals surface area contributed by atoms with Gasteiger partial charge >= 0.3 is 0 Å². The number of sulfonamides is 1. The van der Waals surface area contributed by atoms with E-state index < -0.39 is 10.0 Å². The molecule has 3 rings (SSSR count). The zero-order valence-corrected chi connectivity index (χ0v) is 19.2. The predicted molar refractivity (Wildman–Crippen MR) is 122 cm³/mol. The van der Waals surface area contributed by atoms with Crippen molar-refractivity contribution in [3.05, 3.63) is 65.2 Å². The molecule has 8 heteroatoms. The molecular formula is C23H31N3O4S. The van der Waals surface area contributed by atoms with Crippen LogP contribution in [0.2, 0.25) is 0 Å². The molecule has 1 amide bonds. The summed E-state index contributed by atoms with van der Waals surface area (Å²) in [5.41, 5.74) is 2.32. The lowest BCUT2D eigenvalue weighted by Gasteiger charge is -2.31. The van der Waals surface area contributed by atoms with Crippen molar-refractivity contribution in [2.45, 2.75) is 25.6 Å². The summed E-state index contributed by atoms with van der Waals surface area (Å²) in [5.74, 6) is 0.491. The highest BCUT2D eigenvalue weighted by Gasteiger charge is 2.25. The average molecular weight is 446 g/mol. The van der Waals surface area contributed by atoms with Crippen LogP contribution in [0.5, 0.6) is 5.75 Å². The third-order valence-electron chi connectivity index (χ3n) is 5.32. The maximum atomic E-state index is 12.6. The number of piperazine rings is 1. The highest BCUT2D eigenvalue weighted by atomic mass is 32.2. The summed E-state index contributed by atoms with van der Waals surface area (Å²) in [7, 11) is -1.37. The molecule has 0 aromatic heterocycles. The molecule has 0 bridgehead atoms. The Hall–Kier alpha value is -2.42. The largest absolute Gasteiger partial charge is 0.491 e. The fourth-order valence-corrected chi connectivity index (χ4v) is 4.84. The van der Waals surface area contributed by atoms with Gasteiger partial charge in [0.1, 0.15) is 12.4 Å². The zero-order chi connectivity index (χ0) is 22.4. The van der Waals surface area contributed by atoms with E-state index in [-0.39, 0.29) is 17.7 Å². The molecule has 1 saturated heterocycles. The number of benzene rings is 2. The van der Waals surface area contributed by atoms with Crippen LogP contribution in [0.3, 0.4) is 0 Å². The van der Waals surface area contributed by atoms with Crippen LogP contribution < -0.4 is 10.1 Å². The van der Waals surface area contributed by atoms with E-state index in [1.54, 1.807) is 28.6 Å².